The molecular formula is C12H15F3N2O4S. The summed E-state index contributed by atoms with van der Waals surface area (Å²) >= 11 is 1.25. The van der Waals surface area contributed by atoms with E-state index in [1.54, 1.807) is 13.8 Å². The number of carbonyl (C=O) groups excluding carboxylic acids is 2. The molecule has 1 aromatic rings. The van der Waals surface area contributed by atoms with Gasteiger partial charge < -0.3 is 14.8 Å². The van der Waals surface area contributed by atoms with E-state index in [1.807, 2.05) is 0 Å². The van der Waals surface area contributed by atoms with Gasteiger partial charge in [0.1, 0.15) is 0 Å². The molecule has 0 aliphatic rings. The third-order valence-corrected chi connectivity index (χ3v) is 3.32. The minimum atomic E-state index is -4.56. The molecule has 6 nitrogen and oxygen atoms in total. The second-order valence-corrected chi connectivity index (χ2v) is 5.39. The van der Waals surface area contributed by atoms with Crippen LogP contribution in [0.25, 0.3) is 0 Å². The van der Waals surface area contributed by atoms with Crippen molar-refractivity contribution in [2.24, 2.45) is 0 Å². The summed E-state index contributed by atoms with van der Waals surface area (Å²) in [6.07, 6.45) is -5.44. The molecule has 0 aromatic carbocycles. The molecule has 10 heteroatoms. The molecule has 0 unspecified atom stereocenters. The number of aromatic nitrogens is 1. The van der Waals surface area contributed by atoms with Crippen molar-refractivity contribution < 1.29 is 32.2 Å². The number of nitrogens with zero attached hydrogens (tertiary/aromatic N) is 1. The number of hydrogen-bond acceptors (Lipinski definition) is 6. The second kappa shape index (κ2) is 7.97. The van der Waals surface area contributed by atoms with Crippen LogP contribution in [0.15, 0.2) is 0 Å². The van der Waals surface area contributed by atoms with E-state index in [0.29, 0.717) is 9.88 Å². The Bertz CT molecular complexity index is 531. The standard InChI is InChI=1S/C12H15F3N2O4S/c1-3-20-10(18)9-7(2)22-8(17-9)4-5-16-11(19)21-6-12(13,14)15/h3-6H2,1-2H3,(H,16,19). The van der Waals surface area contributed by atoms with E-state index < -0.39 is 24.8 Å². The molecule has 1 aromatic heterocycles. The first-order valence-electron chi connectivity index (χ1n) is 6.33. The first-order chi connectivity index (χ1) is 10.2. The van der Waals surface area contributed by atoms with Crippen LogP contribution in [0.1, 0.15) is 27.3 Å². The first kappa shape index (κ1) is 18.2. The minimum absolute atomic E-state index is 0.0475. The lowest BCUT2D eigenvalue weighted by Crippen LogP contribution is -2.30. The number of rotatable bonds is 6. The topological polar surface area (TPSA) is 77.5 Å². The molecule has 1 amide bonds. The zero-order valence-corrected chi connectivity index (χ0v) is 12.8. The fourth-order valence-electron chi connectivity index (χ4n) is 1.42. The molecule has 0 saturated carbocycles. The molecule has 1 rings (SSSR count). The van der Waals surface area contributed by atoms with E-state index in [4.69, 9.17) is 4.74 Å². The van der Waals surface area contributed by atoms with Gasteiger partial charge in [0.05, 0.1) is 11.6 Å². The Morgan fingerprint density at radius 3 is 2.59 bits per heavy atom. The Morgan fingerprint density at radius 2 is 2.00 bits per heavy atom. The number of esters is 1. The van der Waals surface area contributed by atoms with Gasteiger partial charge in [-0.1, -0.05) is 0 Å². The predicted octanol–water partition coefficient (Wildman–Crippen LogP) is 2.46. The van der Waals surface area contributed by atoms with Gasteiger partial charge in [0.2, 0.25) is 0 Å². The normalized spacial score (nSPS) is 11.1. The van der Waals surface area contributed by atoms with E-state index in [2.05, 4.69) is 15.0 Å². The Morgan fingerprint density at radius 1 is 1.32 bits per heavy atom. The number of amides is 1. The zero-order valence-electron chi connectivity index (χ0n) is 12.0. The van der Waals surface area contributed by atoms with E-state index in [1.165, 1.54) is 11.3 Å². The van der Waals surface area contributed by atoms with Crippen LogP contribution in [0.5, 0.6) is 0 Å². The van der Waals surface area contributed by atoms with Crippen molar-refractivity contribution in [3.63, 3.8) is 0 Å². The van der Waals surface area contributed by atoms with Crippen LogP contribution in [-0.2, 0) is 15.9 Å². The number of aryl methyl sites for hydroxylation is 1. The van der Waals surface area contributed by atoms with Crippen LogP contribution < -0.4 is 5.32 Å². The van der Waals surface area contributed by atoms with Crippen molar-refractivity contribution in [2.45, 2.75) is 26.4 Å². The number of thiazole rings is 1. The van der Waals surface area contributed by atoms with Gasteiger partial charge in [-0.2, -0.15) is 13.2 Å². The summed E-state index contributed by atoms with van der Waals surface area (Å²) in [7, 11) is 0. The van der Waals surface area contributed by atoms with E-state index in [0.717, 1.165) is 0 Å². The third kappa shape index (κ3) is 6.29. The molecule has 124 valence electrons. The summed E-state index contributed by atoms with van der Waals surface area (Å²) in [5, 5.41) is 2.74. The van der Waals surface area contributed by atoms with Gasteiger partial charge in [-0.25, -0.2) is 14.6 Å². The molecule has 0 bridgehead atoms. The number of nitrogens with one attached hydrogen (secondary N) is 1. The van der Waals surface area contributed by atoms with Gasteiger partial charge in [-0.3, -0.25) is 0 Å². The van der Waals surface area contributed by atoms with Crippen LogP contribution in [-0.4, -0.2) is 43.0 Å². The van der Waals surface area contributed by atoms with Crippen molar-refractivity contribution in [1.29, 1.82) is 0 Å². The number of hydrogen-bond donors (Lipinski definition) is 1. The van der Waals surface area contributed by atoms with E-state index in [9.17, 15) is 22.8 Å². The maximum absolute atomic E-state index is 11.8. The summed E-state index contributed by atoms with van der Waals surface area (Å²) in [5.41, 5.74) is 0.210. The zero-order chi connectivity index (χ0) is 16.8. The van der Waals surface area contributed by atoms with Crippen LogP contribution in [0, 0.1) is 6.92 Å². The van der Waals surface area contributed by atoms with Gasteiger partial charge in [-0.05, 0) is 13.8 Å². The summed E-state index contributed by atoms with van der Waals surface area (Å²) in [4.78, 5) is 27.3. The highest BCUT2D eigenvalue weighted by Crippen LogP contribution is 2.18. The third-order valence-electron chi connectivity index (χ3n) is 2.28. The smallest absolute Gasteiger partial charge is 0.422 e. The highest BCUT2D eigenvalue weighted by atomic mass is 32.1. The Balaban J connectivity index is 2.41. The number of ether oxygens (including phenoxy) is 2. The van der Waals surface area contributed by atoms with E-state index >= 15 is 0 Å². The number of alkyl carbamates (subject to hydrolysis) is 1. The average molecular weight is 340 g/mol. The average Bonchev–Trinajstić information content (AvgIpc) is 2.77. The van der Waals surface area contributed by atoms with Gasteiger partial charge in [0.15, 0.2) is 12.3 Å². The molecule has 0 aliphatic heterocycles. The van der Waals surface area contributed by atoms with Crippen LogP contribution in [0.2, 0.25) is 0 Å². The molecule has 0 radical (unpaired) electrons. The molecule has 0 spiro atoms. The Kier molecular flexibility index (Phi) is 6.60. The number of carbonyl (C=O) groups is 2. The number of alkyl halides is 3. The number of halogens is 3. The fraction of sp³-hybridized carbons (Fsp3) is 0.583. The lowest BCUT2D eigenvalue weighted by Gasteiger charge is -2.08. The summed E-state index contributed by atoms with van der Waals surface area (Å²) < 4.78 is 44.3. The van der Waals surface area contributed by atoms with Crippen molar-refractivity contribution >= 4 is 23.4 Å². The summed E-state index contributed by atoms with van der Waals surface area (Å²) in [6.45, 7) is 2.03. The molecule has 1 N–H and O–H groups in total. The largest absolute Gasteiger partial charge is 0.461 e. The fourth-order valence-corrected chi connectivity index (χ4v) is 2.34. The van der Waals surface area contributed by atoms with Crippen LogP contribution in [0.4, 0.5) is 18.0 Å². The summed E-state index contributed by atoms with van der Waals surface area (Å²) in [6, 6.07) is 0. The maximum Gasteiger partial charge on any atom is 0.422 e. The Labute approximate surface area is 128 Å². The van der Waals surface area contributed by atoms with Crippen molar-refractivity contribution in [3.8, 4) is 0 Å². The van der Waals surface area contributed by atoms with Crippen molar-refractivity contribution in [2.75, 3.05) is 19.8 Å². The highest BCUT2D eigenvalue weighted by Gasteiger charge is 2.29. The summed E-state index contributed by atoms with van der Waals surface area (Å²) in [5.74, 6) is -0.528. The second-order valence-electron chi connectivity index (χ2n) is 4.10. The maximum atomic E-state index is 11.8. The monoisotopic (exact) mass is 340 g/mol. The van der Waals surface area contributed by atoms with Gasteiger partial charge in [-0.15, -0.1) is 11.3 Å². The predicted molar refractivity (Wildman–Crippen MR) is 71.9 cm³/mol. The van der Waals surface area contributed by atoms with Crippen LogP contribution >= 0.6 is 11.3 Å². The molecule has 0 saturated heterocycles. The SMILES string of the molecule is CCOC(=O)c1nc(CCNC(=O)OCC(F)(F)F)sc1C. The highest BCUT2D eigenvalue weighted by molar-refractivity contribution is 7.11. The molecule has 0 fully saturated rings. The van der Waals surface area contributed by atoms with Gasteiger partial charge in [0.25, 0.3) is 0 Å². The van der Waals surface area contributed by atoms with Gasteiger partial charge in [0, 0.05) is 17.8 Å². The van der Waals surface area contributed by atoms with Crippen molar-refractivity contribution in [1.82, 2.24) is 10.3 Å². The minimum Gasteiger partial charge on any atom is -0.461 e. The van der Waals surface area contributed by atoms with Gasteiger partial charge >= 0.3 is 18.2 Å². The molecular weight excluding hydrogens is 325 g/mol. The molecule has 0 atom stereocenters. The Hall–Kier alpha value is -1.84. The first-order valence-corrected chi connectivity index (χ1v) is 7.15. The quantitative estimate of drug-likeness (QED) is 0.805. The van der Waals surface area contributed by atoms with Crippen molar-refractivity contribution in [3.05, 3.63) is 15.6 Å². The van der Waals surface area contributed by atoms with E-state index in [-0.39, 0.29) is 25.3 Å². The lowest BCUT2D eigenvalue weighted by molar-refractivity contribution is -0.160. The van der Waals surface area contributed by atoms with Crippen LogP contribution in [0.3, 0.4) is 0 Å². The molecule has 0 aliphatic carbocycles. The lowest BCUT2D eigenvalue weighted by atomic mass is 10.4. The molecule has 22 heavy (non-hydrogen) atoms. The molecule has 1 heterocycles.